The third-order valence-electron chi connectivity index (χ3n) is 5.98. The van der Waals surface area contributed by atoms with E-state index in [1.165, 1.54) is 4.90 Å². The van der Waals surface area contributed by atoms with E-state index in [1.807, 2.05) is 36.4 Å². The van der Waals surface area contributed by atoms with Gasteiger partial charge < -0.3 is 10.5 Å². The van der Waals surface area contributed by atoms with Crippen molar-refractivity contribution in [2.75, 3.05) is 7.05 Å². The van der Waals surface area contributed by atoms with Crippen LogP contribution in [-0.2, 0) is 10.3 Å². The lowest BCUT2D eigenvalue weighted by Gasteiger charge is -2.38. The Morgan fingerprint density at radius 2 is 1.81 bits per heavy atom. The molecule has 0 radical (unpaired) electrons. The van der Waals surface area contributed by atoms with E-state index in [9.17, 15) is 4.79 Å². The molecule has 1 aliphatic carbocycles. The summed E-state index contributed by atoms with van der Waals surface area (Å²) >= 11 is 0. The second kappa shape index (κ2) is 5.59. The van der Waals surface area contributed by atoms with Gasteiger partial charge in [-0.05, 0) is 42.9 Å². The van der Waals surface area contributed by atoms with Gasteiger partial charge in [0.05, 0.1) is 0 Å². The Kier molecular flexibility index (Phi) is 3.58. The predicted molar refractivity (Wildman–Crippen MR) is 102 cm³/mol. The number of aliphatic imine (C=N–C) groups is 1. The molecule has 1 atom stereocenters. The summed E-state index contributed by atoms with van der Waals surface area (Å²) < 4.78 is 6.50. The largest absolute Gasteiger partial charge is 0.483 e. The first kappa shape index (κ1) is 16.6. The molecule has 0 saturated carbocycles. The molecule has 1 aromatic rings. The molecule has 26 heavy (non-hydrogen) atoms. The van der Waals surface area contributed by atoms with Crippen molar-refractivity contribution in [3.05, 3.63) is 66.3 Å². The fraction of sp³-hybridized carbons (Fsp3) is 0.333. The van der Waals surface area contributed by atoms with E-state index in [2.05, 4.69) is 13.2 Å². The van der Waals surface area contributed by atoms with Crippen molar-refractivity contribution < 1.29 is 9.53 Å². The van der Waals surface area contributed by atoms with Crippen LogP contribution in [0.15, 0.2) is 65.7 Å². The van der Waals surface area contributed by atoms with Crippen molar-refractivity contribution in [3.8, 4) is 5.75 Å². The van der Waals surface area contributed by atoms with E-state index in [-0.39, 0.29) is 11.9 Å². The first-order chi connectivity index (χ1) is 12.5. The number of likely N-dealkylation sites (N-methyl/N-ethyl adjacent to an activating group) is 1. The molecule has 1 unspecified atom stereocenters. The quantitative estimate of drug-likeness (QED) is 0.892. The smallest absolute Gasteiger partial charge is 0.266 e. The van der Waals surface area contributed by atoms with Crippen LogP contribution in [0, 0.1) is 0 Å². The van der Waals surface area contributed by atoms with E-state index >= 15 is 0 Å². The van der Waals surface area contributed by atoms with Gasteiger partial charge in [0, 0.05) is 12.6 Å². The van der Waals surface area contributed by atoms with Gasteiger partial charge in [-0.2, -0.15) is 0 Å². The number of para-hydroxylation sites is 1. The maximum atomic E-state index is 13.4. The summed E-state index contributed by atoms with van der Waals surface area (Å²) in [4.78, 5) is 19.5. The number of ether oxygens (including phenoxy) is 1. The van der Waals surface area contributed by atoms with E-state index < -0.39 is 11.1 Å². The Morgan fingerprint density at radius 3 is 2.35 bits per heavy atom. The van der Waals surface area contributed by atoms with Crippen LogP contribution in [0.4, 0.5) is 0 Å². The van der Waals surface area contributed by atoms with Gasteiger partial charge in [0.2, 0.25) is 5.54 Å². The third-order valence-corrected chi connectivity index (χ3v) is 5.98. The monoisotopic (exact) mass is 349 g/mol. The zero-order valence-electron chi connectivity index (χ0n) is 15.0. The standard InChI is InChI=1S/C21H23N3O2/c1-4-14-10-12-20(13-11-15(14)5-2)21(18(25)24(3)19(22)23-21)16-8-6-7-9-17(16)26-20/h4-9H,1-2,10-13H2,3H3,(H2,22,23). The Balaban J connectivity index is 1.89. The lowest BCUT2D eigenvalue weighted by atomic mass is 9.71. The average Bonchev–Trinajstić information content (AvgIpc) is 2.95. The van der Waals surface area contributed by atoms with Crippen molar-refractivity contribution in [1.29, 1.82) is 0 Å². The summed E-state index contributed by atoms with van der Waals surface area (Å²) in [5.41, 5.74) is 7.31. The molecular weight excluding hydrogens is 326 g/mol. The number of fused-ring (bicyclic) bond motifs is 3. The topological polar surface area (TPSA) is 67.9 Å². The number of amides is 1. The average molecular weight is 349 g/mol. The first-order valence-electron chi connectivity index (χ1n) is 8.88. The summed E-state index contributed by atoms with van der Waals surface area (Å²) in [5, 5.41) is 0. The number of benzene rings is 1. The van der Waals surface area contributed by atoms with Gasteiger partial charge in [-0.15, -0.1) is 0 Å². The molecule has 0 fully saturated rings. The first-order valence-corrected chi connectivity index (χ1v) is 8.88. The van der Waals surface area contributed by atoms with Crippen molar-refractivity contribution in [1.82, 2.24) is 4.90 Å². The van der Waals surface area contributed by atoms with Crippen LogP contribution >= 0.6 is 0 Å². The maximum Gasteiger partial charge on any atom is 0.266 e. The Labute approximate surface area is 153 Å². The van der Waals surface area contributed by atoms with E-state index in [0.717, 1.165) is 35.3 Å². The normalized spacial score (nSPS) is 26.6. The van der Waals surface area contributed by atoms with Crippen molar-refractivity contribution >= 4 is 11.9 Å². The molecule has 0 saturated heterocycles. The lowest BCUT2D eigenvalue weighted by Crippen LogP contribution is -2.55. The van der Waals surface area contributed by atoms with Gasteiger partial charge in [-0.3, -0.25) is 9.69 Å². The number of nitrogens with two attached hydrogens (primary N) is 1. The third kappa shape index (κ3) is 1.91. The van der Waals surface area contributed by atoms with Gasteiger partial charge in [-0.25, -0.2) is 4.99 Å². The molecule has 2 aliphatic heterocycles. The lowest BCUT2D eigenvalue weighted by molar-refractivity contribution is -0.138. The molecule has 5 heteroatoms. The molecule has 4 rings (SSSR count). The Bertz CT molecular complexity index is 861. The van der Waals surface area contributed by atoms with Crippen LogP contribution in [0.25, 0.3) is 0 Å². The molecule has 2 N–H and O–H groups in total. The predicted octanol–water partition coefficient (Wildman–Crippen LogP) is 3.04. The number of carbonyl (C=O) groups excluding carboxylic acids is 1. The molecule has 1 amide bonds. The van der Waals surface area contributed by atoms with Gasteiger partial charge in [0.25, 0.3) is 5.91 Å². The van der Waals surface area contributed by atoms with E-state index in [4.69, 9.17) is 15.5 Å². The molecule has 2 spiro atoms. The highest BCUT2D eigenvalue weighted by atomic mass is 16.5. The number of hydrogen-bond acceptors (Lipinski definition) is 4. The van der Waals surface area contributed by atoms with Crippen LogP contribution in [0.1, 0.15) is 31.2 Å². The van der Waals surface area contributed by atoms with Crippen LogP contribution in [0.2, 0.25) is 0 Å². The number of rotatable bonds is 2. The van der Waals surface area contributed by atoms with Crippen molar-refractivity contribution in [2.24, 2.45) is 10.7 Å². The highest BCUT2D eigenvalue weighted by Gasteiger charge is 2.68. The number of guanidine groups is 1. The van der Waals surface area contributed by atoms with Crippen LogP contribution in [-0.4, -0.2) is 29.4 Å². The SMILES string of the molecule is C=CC1=C(C=C)CCC2(CC1)Oc1ccccc1C21N=C(N)N(C)C1=O. The fourth-order valence-corrected chi connectivity index (χ4v) is 4.55. The zero-order chi connectivity index (χ0) is 18.5. The van der Waals surface area contributed by atoms with Crippen molar-refractivity contribution in [3.63, 3.8) is 0 Å². The molecule has 1 aromatic carbocycles. The molecule has 3 aliphatic rings. The highest BCUT2D eigenvalue weighted by Crippen LogP contribution is 2.58. The minimum atomic E-state index is -1.12. The summed E-state index contributed by atoms with van der Waals surface area (Å²) in [6.45, 7) is 7.88. The molecule has 0 bridgehead atoms. The second-order valence-corrected chi connectivity index (χ2v) is 7.10. The molecule has 5 nitrogen and oxygen atoms in total. The number of carbonyl (C=O) groups is 1. The van der Waals surface area contributed by atoms with Gasteiger partial charge in [0.1, 0.15) is 11.4 Å². The number of hydrogen-bond donors (Lipinski definition) is 1. The fourth-order valence-electron chi connectivity index (χ4n) is 4.55. The van der Waals surface area contributed by atoms with Gasteiger partial charge in [0.15, 0.2) is 5.96 Å². The highest BCUT2D eigenvalue weighted by molar-refractivity contribution is 6.08. The van der Waals surface area contributed by atoms with Gasteiger partial charge in [-0.1, -0.05) is 43.5 Å². The van der Waals surface area contributed by atoms with Crippen LogP contribution < -0.4 is 10.5 Å². The number of nitrogens with zero attached hydrogens (tertiary/aromatic N) is 2. The van der Waals surface area contributed by atoms with E-state index in [1.54, 1.807) is 7.05 Å². The summed E-state index contributed by atoms with van der Waals surface area (Å²) in [6.07, 6.45) is 6.60. The van der Waals surface area contributed by atoms with Gasteiger partial charge >= 0.3 is 0 Å². The molecular formula is C21H23N3O2. The maximum absolute atomic E-state index is 13.4. The Morgan fingerprint density at radius 1 is 1.19 bits per heavy atom. The van der Waals surface area contributed by atoms with Crippen molar-refractivity contribution in [2.45, 2.75) is 36.8 Å². The number of allylic oxidation sites excluding steroid dienone is 4. The van der Waals surface area contributed by atoms with Crippen LogP contribution in [0.3, 0.4) is 0 Å². The minimum absolute atomic E-state index is 0.123. The minimum Gasteiger partial charge on any atom is -0.483 e. The second-order valence-electron chi connectivity index (χ2n) is 7.10. The molecule has 134 valence electrons. The zero-order valence-corrected chi connectivity index (χ0v) is 15.0. The molecule has 2 heterocycles. The summed E-state index contributed by atoms with van der Waals surface area (Å²) in [7, 11) is 1.67. The molecule has 0 aromatic heterocycles. The summed E-state index contributed by atoms with van der Waals surface area (Å²) in [5.74, 6) is 0.830. The summed E-state index contributed by atoms with van der Waals surface area (Å²) in [6, 6.07) is 7.67. The Hall–Kier alpha value is -2.82. The van der Waals surface area contributed by atoms with E-state index in [0.29, 0.717) is 12.8 Å². The van der Waals surface area contributed by atoms with Crippen LogP contribution in [0.5, 0.6) is 5.75 Å².